The van der Waals surface area contributed by atoms with Crippen molar-refractivity contribution in [1.29, 1.82) is 0 Å². The Balaban J connectivity index is 0.00000256. The van der Waals surface area contributed by atoms with Crippen LogP contribution in [0.1, 0.15) is 25.5 Å². The highest BCUT2D eigenvalue weighted by Crippen LogP contribution is 1.94. The van der Waals surface area contributed by atoms with Gasteiger partial charge in [0.1, 0.15) is 0 Å². The molecule has 0 fully saturated rings. The summed E-state index contributed by atoms with van der Waals surface area (Å²) in [5.74, 6) is 0.842. The van der Waals surface area contributed by atoms with Gasteiger partial charge in [-0.15, -0.1) is 24.0 Å². The zero-order chi connectivity index (χ0) is 11.8. The van der Waals surface area contributed by atoms with Gasteiger partial charge >= 0.3 is 0 Å². The molecule has 17 heavy (non-hydrogen) atoms. The fourth-order valence-corrected chi connectivity index (χ4v) is 1.35. The Morgan fingerprint density at radius 2 is 2.24 bits per heavy atom. The number of aromatic nitrogens is 2. The van der Waals surface area contributed by atoms with Gasteiger partial charge in [0, 0.05) is 26.8 Å². The molecule has 1 aromatic rings. The van der Waals surface area contributed by atoms with Crippen LogP contribution in [0.5, 0.6) is 0 Å². The summed E-state index contributed by atoms with van der Waals surface area (Å²) in [6.07, 6.45) is 4.14. The Bertz CT molecular complexity index is 334. The minimum Gasteiger partial charge on any atom is -0.356 e. The van der Waals surface area contributed by atoms with E-state index < -0.39 is 0 Å². The lowest BCUT2D eigenvalue weighted by atomic mass is 10.3. The highest BCUT2D eigenvalue weighted by Gasteiger charge is 2.00. The molecule has 0 saturated heterocycles. The van der Waals surface area contributed by atoms with Crippen LogP contribution in [0.15, 0.2) is 17.3 Å². The molecular weight excluding hydrogens is 329 g/mol. The molecule has 0 aromatic carbocycles. The van der Waals surface area contributed by atoms with E-state index in [1.807, 2.05) is 17.8 Å². The van der Waals surface area contributed by atoms with Crippen LogP contribution in [-0.2, 0) is 13.6 Å². The van der Waals surface area contributed by atoms with E-state index in [4.69, 9.17) is 0 Å². The van der Waals surface area contributed by atoms with Crippen molar-refractivity contribution < 1.29 is 0 Å². The molecular formula is C11H22IN5. The van der Waals surface area contributed by atoms with Crippen molar-refractivity contribution in [3.8, 4) is 0 Å². The van der Waals surface area contributed by atoms with Crippen LogP contribution in [0.25, 0.3) is 0 Å². The van der Waals surface area contributed by atoms with Crippen molar-refractivity contribution in [3.63, 3.8) is 0 Å². The predicted molar refractivity (Wildman–Crippen MR) is 81.7 cm³/mol. The number of hydrogen-bond acceptors (Lipinski definition) is 2. The van der Waals surface area contributed by atoms with Crippen molar-refractivity contribution in [1.82, 2.24) is 20.4 Å². The van der Waals surface area contributed by atoms with Crippen LogP contribution in [0.3, 0.4) is 0 Å². The SMILES string of the molecule is CCCCNC(=NC)NCc1ccnn1C.I. The predicted octanol–water partition coefficient (Wildman–Crippen LogP) is 1.50. The number of hydrogen-bond donors (Lipinski definition) is 2. The fraction of sp³-hybridized carbons (Fsp3) is 0.636. The molecule has 0 radical (unpaired) electrons. The Morgan fingerprint density at radius 1 is 1.47 bits per heavy atom. The van der Waals surface area contributed by atoms with Crippen LogP contribution in [-0.4, -0.2) is 29.3 Å². The minimum atomic E-state index is 0. The minimum absolute atomic E-state index is 0. The smallest absolute Gasteiger partial charge is 0.191 e. The Hall–Kier alpha value is -0.790. The second-order valence-corrected chi connectivity index (χ2v) is 3.65. The molecule has 0 spiro atoms. The Labute approximate surface area is 120 Å². The molecule has 2 N–H and O–H groups in total. The lowest BCUT2D eigenvalue weighted by Gasteiger charge is -2.11. The number of rotatable bonds is 5. The first-order valence-corrected chi connectivity index (χ1v) is 5.69. The number of unbranched alkanes of at least 4 members (excludes halogenated alkanes) is 1. The van der Waals surface area contributed by atoms with E-state index in [-0.39, 0.29) is 24.0 Å². The molecule has 0 saturated carbocycles. The largest absolute Gasteiger partial charge is 0.356 e. The standard InChI is InChI=1S/C11H21N5.HI/c1-4-5-7-13-11(12-2)14-9-10-6-8-15-16(10)3;/h6,8H,4-5,7,9H2,1-3H3,(H2,12,13,14);1H. The molecule has 0 bridgehead atoms. The first-order valence-electron chi connectivity index (χ1n) is 5.69. The van der Waals surface area contributed by atoms with Crippen molar-refractivity contribution >= 4 is 29.9 Å². The van der Waals surface area contributed by atoms with E-state index in [0.717, 1.165) is 31.2 Å². The topological polar surface area (TPSA) is 54.2 Å². The van der Waals surface area contributed by atoms with Gasteiger partial charge in [0.2, 0.25) is 0 Å². The third kappa shape index (κ3) is 5.90. The summed E-state index contributed by atoms with van der Waals surface area (Å²) in [5.41, 5.74) is 1.14. The molecule has 1 rings (SSSR count). The normalized spacial score (nSPS) is 10.9. The zero-order valence-corrected chi connectivity index (χ0v) is 13.1. The fourth-order valence-electron chi connectivity index (χ4n) is 1.35. The summed E-state index contributed by atoms with van der Waals surface area (Å²) in [6, 6.07) is 1.99. The van der Waals surface area contributed by atoms with Gasteiger partial charge in [0.15, 0.2) is 5.96 Å². The average molecular weight is 351 g/mol. The van der Waals surface area contributed by atoms with Crippen LogP contribution in [0, 0.1) is 0 Å². The molecule has 0 aliphatic rings. The van der Waals surface area contributed by atoms with Crippen molar-refractivity contribution in [2.75, 3.05) is 13.6 Å². The van der Waals surface area contributed by atoms with Crippen LogP contribution >= 0.6 is 24.0 Å². The third-order valence-corrected chi connectivity index (χ3v) is 2.41. The summed E-state index contributed by atoms with van der Waals surface area (Å²) in [5, 5.41) is 10.6. The third-order valence-electron chi connectivity index (χ3n) is 2.41. The second kappa shape index (κ2) is 9.26. The quantitative estimate of drug-likeness (QED) is 0.366. The zero-order valence-electron chi connectivity index (χ0n) is 10.7. The van der Waals surface area contributed by atoms with Gasteiger partial charge in [-0.25, -0.2) is 0 Å². The maximum absolute atomic E-state index is 4.15. The number of nitrogens with one attached hydrogen (secondary N) is 2. The van der Waals surface area contributed by atoms with Crippen molar-refractivity contribution in [2.24, 2.45) is 12.0 Å². The number of halogens is 1. The number of guanidine groups is 1. The lowest BCUT2D eigenvalue weighted by molar-refractivity contribution is 0.678. The number of nitrogens with zero attached hydrogens (tertiary/aromatic N) is 3. The maximum Gasteiger partial charge on any atom is 0.191 e. The van der Waals surface area contributed by atoms with Crippen molar-refractivity contribution in [3.05, 3.63) is 18.0 Å². The van der Waals surface area contributed by atoms with Gasteiger partial charge in [0.25, 0.3) is 0 Å². The molecule has 5 nitrogen and oxygen atoms in total. The summed E-state index contributed by atoms with van der Waals surface area (Å²) < 4.78 is 1.85. The lowest BCUT2D eigenvalue weighted by Crippen LogP contribution is -2.37. The molecule has 1 heterocycles. The summed E-state index contributed by atoms with van der Waals surface area (Å²) >= 11 is 0. The van der Waals surface area contributed by atoms with Crippen LogP contribution in [0.4, 0.5) is 0 Å². The van der Waals surface area contributed by atoms with Gasteiger partial charge in [0.05, 0.1) is 12.2 Å². The maximum atomic E-state index is 4.15. The van der Waals surface area contributed by atoms with E-state index in [1.54, 1.807) is 13.2 Å². The van der Waals surface area contributed by atoms with E-state index in [2.05, 4.69) is 27.6 Å². The van der Waals surface area contributed by atoms with E-state index >= 15 is 0 Å². The van der Waals surface area contributed by atoms with Gasteiger partial charge in [-0.1, -0.05) is 13.3 Å². The number of aliphatic imine (C=N–C) groups is 1. The van der Waals surface area contributed by atoms with Crippen LogP contribution in [0.2, 0.25) is 0 Å². The molecule has 0 aliphatic heterocycles. The van der Waals surface area contributed by atoms with Gasteiger partial charge in [-0.05, 0) is 12.5 Å². The van der Waals surface area contributed by atoms with Crippen molar-refractivity contribution in [2.45, 2.75) is 26.3 Å². The van der Waals surface area contributed by atoms with E-state index in [0.29, 0.717) is 0 Å². The first-order chi connectivity index (χ1) is 7.77. The molecule has 1 aromatic heterocycles. The van der Waals surface area contributed by atoms with Gasteiger partial charge in [-0.3, -0.25) is 9.67 Å². The monoisotopic (exact) mass is 351 g/mol. The number of aryl methyl sites for hydroxylation is 1. The Morgan fingerprint density at radius 3 is 2.76 bits per heavy atom. The van der Waals surface area contributed by atoms with Crippen LogP contribution < -0.4 is 10.6 Å². The highest BCUT2D eigenvalue weighted by molar-refractivity contribution is 14.0. The highest BCUT2D eigenvalue weighted by atomic mass is 127. The van der Waals surface area contributed by atoms with Gasteiger partial charge < -0.3 is 10.6 Å². The summed E-state index contributed by atoms with van der Waals surface area (Å²) in [6.45, 7) is 3.87. The molecule has 0 aliphatic carbocycles. The molecule has 98 valence electrons. The van der Waals surface area contributed by atoms with Gasteiger partial charge in [-0.2, -0.15) is 5.10 Å². The summed E-state index contributed by atoms with van der Waals surface area (Å²) in [7, 11) is 3.72. The molecule has 6 heteroatoms. The van der Waals surface area contributed by atoms with E-state index in [9.17, 15) is 0 Å². The Kier molecular flexibility index (Phi) is 8.83. The molecule has 0 amide bonds. The first kappa shape index (κ1) is 16.2. The molecule has 0 atom stereocenters. The second-order valence-electron chi connectivity index (χ2n) is 3.65. The van der Waals surface area contributed by atoms with E-state index in [1.165, 1.54) is 6.42 Å². The summed E-state index contributed by atoms with van der Waals surface area (Å²) in [4.78, 5) is 4.15. The molecule has 0 unspecified atom stereocenters. The average Bonchev–Trinajstić information content (AvgIpc) is 2.69.